The Hall–Kier alpha value is -1.51. The predicted molar refractivity (Wildman–Crippen MR) is 55.3 cm³/mol. The van der Waals surface area contributed by atoms with Gasteiger partial charge in [0.1, 0.15) is 5.75 Å². The van der Waals surface area contributed by atoms with Crippen molar-refractivity contribution in [3.05, 3.63) is 24.3 Å². The van der Waals surface area contributed by atoms with Crippen LogP contribution in [-0.4, -0.2) is 13.0 Å². The van der Waals surface area contributed by atoms with Gasteiger partial charge in [-0.1, -0.05) is 19.9 Å². The average Bonchev–Trinajstić information content (AvgIpc) is 2.18. The summed E-state index contributed by atoms with van der Waals surface area (Å²) in [7, 11) is 1.57. The number of methoxy groups -OCH3 is 1. The molecule has 0 heterocycles. The van der Waals surface area contributed by atoms with Gasteiger partial charge in [0.25, 0.3) is 0 Å². The van der Waals surface area contributed by atoms with E-state index < -0.39 is 0 Å². The molecule has 1 aromatic rings. The van der Waals surface area contributed by atoms with Crippen LogP contribution in [0.3, 0.4) is 0 Å². The lowest BCUT2D eigenvalue weighted by atomic mass is 10.2. The van der Waals surface area contributed by atoms with Crippen molar-refractivity contribution in [3.63, 3.8) is 0 Å². The fraction of sp³-hybridized carbons (Fsp3) is 0.364. The number of anilines is 1. The van der Waals surface area contributed by atoms with Crippen LogP contribution in [0.4, 0.5) is 5.69 Å². The first-order valence-corrected chi connectivity index (χ1v) is 4.50. The molecule has 0 aliphatic heterocycles. The predicted octanol–water partition coefficient (Wildman–Crippen LogP) is 2.09. The molecule has 14 heavy (non-hydrogen) atoms. The van der Waals surface area contributed by atoms with E-state index in [0.29, 0.717) is 11.4 Å². The topological polar surface area (TPSA) is 38.3 Å². The van der Waals surface area contributed by atoms with E-state index in [2.05, 4.69) is 11.4 Å². The zero-order valence-corrected chi connectivity index (χ0v) is 8.63. The molecule has 0 unspecified atom stereocenters. The molecule has 0 aliphatic carbocycles. The largest absolute Gasteiger partial charge is 0.495 e. The van der Waals surface area contributed by atoms with Crippen LogP contribution in [0.15, 0.2) is 18.2 Å². The number of carbonyl (C=O) groups is 1. The monoisotopic (exact) mass is 192 g/mol. The Morgan fingerprint density at radius 3 is 2.86 bits per heavy atom. The van der Waals surface area contributed by atoms with E-state index >= 15 is 0 Å². The van der Waals surface area contributed by atoms with Gasteiger partial charge in [-0.2, -0.15) is 0 Å². The van der Waals surface area contributed by atoms with E-state index in [-0.39, 0.29) is 11.8 Å². The first kappa shape index (κ1) is 10.6. The molecule has 1 amide bonds. The molecule has 0 fully saturated rings. The Bertz CT molecular complexity index is 321. The summed E-state index contributed by atoms with van der Waals surface area (Å²) in [5.74, 6) is 0.584. The van der Waals surface area contributed by atoms with Crippen LogP contribution in [0.5, 0.6) is 5.75 Å². The SMILES string of the molecule is COc1cc[c]cc1NC(=O)C(C)C. The van der Waals surface area contributed by atoms with E-state index in [9.17, 15) is 4.79 Å². The number of hydrogen-bond donors (Lipinski definition) is 1. The fourth-order valence-electron chi connectivity index (χ4n) is 0.969. The van der Waals surface area contributed by atoms with Crippen molar-refractivity contribution in [3.8, 4) is 5.75 Å². The number of amides is 1. The molecule has 0 atom stereocenters. The van der Waals surface area contributed by atoms with Crippen LogP contribution in [-0.2, 0) is 4.79 Å². The van der Waals surface area contributed by atoms with Gasteiger partial charge >= 0.3 is 0 Å². The first-order valence-electron chi connectivity index (χ1n) is 4.50. The molecule has 0 saturated heterocycles. The van der Waals surface area contributed by atoms with Crippen LogP contribution in [0.25, 0.3) is 0 Å². The smallest absolute Gasteiger partial charge is 0.227 e. The molecule has 0 spiro atoms. The summed E-state index contributed by atoms with van der Waals surface area (Å²) >= 11 is 0. The maximum atomic E-state index is 11.4. The number of rotatable bonds is 3. The number of carbonyl (C=O) groups excluding carboxylic acids is 1. The van der Waals surface area contributed by atoms with E-state index in [1.807, 2.05) is 13.8 Å². The highest BCUT2D eigenvalue weighted by Gasteiger charge is 2.09. The van der Waals surface area contributed by atoms with E-state index in [1.165, 1.54) is 0 Å². The molecule has 3 heteroatoms. The third kappa shape index (κ3) is 2.49. The van der Waals surface area contributed by atoms with Gasteiger partial charge in [0.05, 0.1) is 12.8 Å². The van der Waals surface area contributed by atoms with Crippen LogP contribution >= 0.6 is 0 Å². The van der Waals surface area contributed by atoms with E-state index in [0.717, 1.165) is 0 Å². The summed E-state index contributed by atoms with van der Waals surface area (Å²) in [5.41, 5.74) is 0.661. The summed E-state index contributed by atoms with van der Waals surface area (Å²) in [4.78, 5) is 11.4. The fourth-order valence-corrected chi connectivity index (χ4v) is 0.969. The number of nitrogens with one attached hydrogen (secondary N) is 1. The molecule has 3 nitrogen and oxygen atoms in total. The van der Waals surface area contributed by atoms with Crippen LogP contribution in [0.1, 0.15) is 13.8 Å². The third-order valence-corrected chi connectivity index (χ3v) is 1.83. The molecule has 1 aromatic carbocycles. The van der Waals surface area contributed by atoms with Crippen molar-refractivity contribution < 1.29 is 9.53 Å². The van der Waals surface area contributed by atoms with Gasteiger partial charge in [-0.05, 0) is 18.2 Å². The quantitative estimate of drug-likeness (QED) is 0.796. The highest BCUT2D eigenvalue weighted by Crippen LogP contribution is 2.23. The molecule has 1 rings (SSSR count). The van der Waals surface area contributed by atoms with Crippen LogP contribution < -0.4 is 10.1 Å². The zero-order chi connectivity index (χ0) is 10.6. The minimum Gasteiger partial charge on any atom is -0.495 e. The van der Waals surface area contributed by atoms with Gasteiger partial charge in [0.15, 0.2) is 0 Å². The molecule has 0 bridgehead atoms. The summed E-state index contributed by atoms with van der Waals surface area (Å²) < 4.78 is 5.09. The summed E-state index contributed by atoms with van der Waals surface area (Å²) in [5, 5.41) is 2.77. The lowest BCUT2D eigenvalue weighted by molar-refractivity contribution is -0.118. The van der Waals surface area contributed by atoms with Gasteiger partial charge in [-0.3, -0.25) is 4.79 Å². The van der Waals surface area contributed by atoms with Crippen molar-refractivity contribution in [1.29, 1.82) is 0 Å². The number of benzene rings is 1. The Morgan fingerprint density at radius 2 is 2.29 bits per heavy atom. The molecule has 75 valence electrons. The second kappa shape index (κ2) is 4.65. The Morgan fingerprint density at radius 1 is 1.57 bits per heavy atom. The van der Waals surface area contributed by atoms with Gasteiger partial charge in [0, 0.05) is 5.92 Å². The lowest BCUT2D eigenvalue weighted by Gasteiger charge is -2.10. The zero-order valence-electron chi connectivity index (χ0n) is 8.63. The second-order valence-corrected chi connectivity index (χ2v) is 3.27. The molecule has 0 aromatic heterocycles. The van der Waals surface area contributed by atoms with Crippen molar-refractivity contribution in [2.75, 3.05) is 12.4 Å². The Kier molecular flexibility index (Phi) is 3.51. The molecular formula is C11H14NO2. The third-order valence-electron chi connectivity index (χ3n) is 1.83. The minimum absolute atomic E-state index is 0.0251. The molecule has 1 N–H and O–H groups in total. The Labute approximate surface area is 84.1 Å². The van der Waals surface area contributed by atoms with E-state index in [4.69, 9.17) is 4.74 Å². The normalized spacial score (nSPS) is 10.0. The highest BCUT2D eigenvalue weighted by atomic mass is 16.5. The highest BCUT2D eigenvalue weighted by molar-refractivity contribution is 5.93. The van der Waals surface area contributed by atoms with Crippen molar-refractivity contribution >= 4 is 11.6 Å². The number of ether oxygens (including phenoxy) is 1. The molecule has 0 aliphatic rings. The summed E-state index contributed by atoms with van der Waals surface area (Å²) in [6.07, 6.45) is 0. The van der Waals surface area contributed by atoms with Crippen LogP contribution in [0.2, 0.25) is 0 Å². The van der Waals surface area contributed by atoms with Gasteiger partial charge in [0.2, 0.25) is 5.91 Å². The molecule has 1 radical (unpaired) electrons. The standard InChI is InChI=1S/C11H14NO2/c1-8(2)11(13)12-9-6-4-5-7-10(9)14-3/h5-8H,1-3H3,(H,12,13). The van der Waals surface area contributed by atoms with Gasteiger partial charge in [-0.15, -0.1) is 0 Å². The van der Waals surface area contributed by atoms with Gasteiger partial charge in [-0.25, -0.2) is 0 Å². The summed E-state index contributed by atoms with van der Waals surface area (Å²) in [6, 6.07) is 8.08. The van der Waals surface area contributed by atoms with Crippen LogP contribution in [0, 0.1) is 12.0 Å². The minimum atomic E-state index is -0.0417. The van der Waals surface area contributed by atoms with Gasteiger partial charge < -0.3 is 10.1 Å². The Balaban J connectivity index is 2.80. The second-order valence-electron chi connectivity index (χ2n) is 3.27. The maximum absolute atomic E-state index is 11.4. The average molecular weight is 192 g/mol. The lowest BCUT2D eigenvalue weighted by Crippen LogP contribution is -2.18. The molecule has 0 saturated carbocycles. The first-order chi connectivity index (χ1) is 6.65. The maximum Gasteiger partial charge on any atom is 0.227 e. The van der Waals surface area contributed by atoms with Crippen molar-refractivity contribution in [1.82, 2.24) is 0 Å². The summed E-state index contributed by atoms with van der Waals surface area (Å²) in [6.45, 7) is 3.68. The number of hydrogen-bond acceptors (Lipinski definition) is 2. The molecular weight excluding hydrogens is 178 g/mol. The van der Waals surface area contributed by atoms with Crippen molar-refractivity contribution in [2.24, 2.45) is 5.92 Å². The van der Waals surface area contributed by atoms with E-state index in [1.54, 1.807) is 25.3 Å². The van der Waals surface area contributed by atoms with Crippen molar-refractivity contribution in [2.45, 2.75) is 13.8 Å².